The molecule has 0 radical (unpaired) electrons. The van der Waals surface area contributed by atoms with E-state index < -0.39 is 6.29 Å². The Morgan fingerprint density at radius 2 is 2.00 bits per heavy atom. The first kappa shape index (κ1) is 12.6. The summed E-state index contributed by atoms with van der Waals surface area (Å²) in [6, 6.07) is 6.85. The van der Waals surface area contributed by atoms with Gasteiger partial charge in [-0.2, -0.15) is 0 Å². The molecule has 1 atom stereocenters. The number of nitrogens with zero attached hydrogens (tertiary/aromatic N) is 1. The zero-order valence-corrected chi connectivity index (χ0v) is 11.2. The summed E-state index contributed by atoms with van der Waals surface area (Å²) >= 11 is 0. The van der Waals surface area contributed by atoms with Gasteiger partial charge in [-0.05, 0) is 43.0 Å². The number of fused-ring (bicyclic) bond motifs is 2. The Kier molecular flexibility index (Phi) is 2.53. The van der Waals surface area contributed by atoms with Crippen LogP contribution in [0, 0.1) is 0 Å². The second-order valence-corrected chi connectivity index (χ2v) is 5.39. The third-order valence-corrected chi connectivity index (χ3v) is 4.02. The van der Waals surface area contributed by atoms with E-state index in [0.29, 0.717) is 0 Å². The first-order valence-corrected chi connectivity index (χ1v) is 6.89. The Bertz CT molecular complexity index is 712. The second kappa shape index (κ2) is 4.21. The molecule has 110 valence electrons. The minimum atomic E-state index is -3.58. The number of halogens is 2. The highest BCUT2D eigenvalue weighted by Crippen LogP contribution is 2.42. The summed E-state index contributed by atoms with van der Waals surface area (Å²) in [5, 5.41) is 0. The van der Waals surface area contributed by atoms with E-state index in [2.05, 4.69) is 9.47 Å². The molecule has 0 spiro atoms. The maximum Gasteiger partial charge on any atom is 0.586 e. The molecule has 1 unspecified atom stereocenters. The van der Waals surface area contributed by atoms with Crippen molar-refractivity contribution in [3.8, 4) is 17.2 Å². The Morgan fingerprint density at radius 1 is 1.19 bits per heavy atom. The van der Waals surface area contributed by atoms with Crippen molar-refractivity contribution in [2.24, 2.45) is 5.73 Å². The van der Waals surface area contributed by atoms with Crippen LogP contribution in [0.4, 0.5) is 8.78 Å². The smallest absolute Gasteiger partial charge is 0.395 e. The summed E-state index contributed by atoms with van der Waals surface area (Å²) in [4.78, 5) is 0. The largest absolute Gasteiger partial charge is 0.586 e. The van der Waals surface area contributed by atoms with Gasteiger partial charge in [-0.15, -0.1) is 8.78 Å². The molecule has 1 aromatic heterocycles. The summed E-state index contributed by atoms with van der Waals surface area (Å²) in [5.74, 6) is 0.113. The molecular formula is C15H14F2N2O2. The Hall–Kier alpha value is -2.08. The second-order valence-electron chi connectivity index (χ2n) is 5.39. The Balaban J connectivity index is 1.76. The van der Waals surface area contributed by atoms with Crippen LogP contribution in [0.3, 0.4) is 0 Å². The first-order chi connectivity index (χ1) is 10.0. The number of ether oxygens (including phenoxy) is 2. The molecule has 0 saturated carbocycles. The third kappa shape index (κ3) is 1.98. The Morgan fingerprint density at radius 3 is 2.86 bits per heavy atom. The van der Waals surface area contributed by atoms with Crippen LogP contribution in [-0.2, 0) is 6.42 Å². The third-order valence-electron chi connectivity index (χ3n) is 4.02. The first-order valence-electron chi connectivity index (χ1n) is 6.89. The van der Waals surface area contributed by atoms with E-state index in [4.69, 9.17) is 5.73 Å². The summed E-state index contributed by atoms with van der Waals surface area (Å²) in [6.45, 7) is 0. The van der Waals surface area contributed by atoms with Crippen LogP contribution in [-0.4, -0.2) is 10.9 Å². The molecule has 2 heterocycles. The molecule has 1 aliphatic carbocycles. The molecule has 6 heteroatoms. The fourth-order valence-electron chi connectivity index (χ4n) is 3.06. The predicted octanol–water partition coefficient (Wildman–Crippen LogP) is 3.13. The lowest BCUT2D eigenvalue weighted by Crippen LogP contribution is -2.25. The highest BCUT2D eigenvalue weighted by molar-refractivity contribution is 5.52. The van der Waals surface area contributed by atoms with Gasteiger partial charge in [-0.25, -0.2) is 0 Å². The predicted molar refractivity (Wildman–Crippen MR) is 71.8 cm³/mol. The van der Waals surface area contributed by atoms with Crippen LogP contribution >= 0.6 is 0 Å². The number of alkyl halides is 2. The van der Waals surface area contributed by atoms with Gasteiger partial charge in [0.2, 0.25) is 0 Å². The number of hydrogen-bond donors (Lipinski definition) is 1. The minimum absolute atomic E-state index is 0.0494. The highest BCUT2D eigenvalue weighted by Gasteiger charge is 2.43. The van der Waals surface area contributed by atoms with Crippen LogP contribution in [0.1, 0.15) is 30.1 Å². The van der Waals surface area contributed by atoms with Crippen LogP contribution < -0.4 is 15.2 Å². The molecule has 0 bridgehead atoms. The lowest BCUT2D eigenvalue weighted by Gasteiger charge is -2.21. The van der Waals surface area contributed by atoms with Crippen LogP contribution in [0.2, 0.25) is 0 Å². The number of nitrogens with two attached hydrogens (primary N) is 1. The topological polar surface area (TPSA) is 49.4 Å². The van der Waals surface area contributed by atoms with E-state index in [1.807, 2.05) is 16.8 Å². The van der Waals surface area contributed by atoms with Crippen molar-refractivity contribution in [3.63, 3.8) is 0 Å². The van der Waals surface area contributed by atoms with Crippen LogP contribution in [0.15, 0.2) is 30.5 Å². The number of benzene rings is 1. The standard InChI is InChI=1S/C15H14F2N2O2/c16-15(17)20-13-5-4-9(8-14(13)21-15)19-7-6-10-11(18)2-1-3-12(10)19/h4-8,11H,1-3,18H2. The van der Waals surface area contributed by atoms with E-state index in [0.717, 1.165) is 36.2 Å². The SMILES string of the molecule is NC1CCCc2c1ccn2-c1ccc2c(c1)OC(F)(F)O2. The fourth-order valence-corrected chi connectivity index (χ4v) is 3.06. The molecular weight excluding hydrogens is 278 g/mol. The minimum Gasteiger partial charge on any atom is -0.395 e. The summed E-state index contributed by atoms with van der Waals surface area (Å²) in [7, 11) is 0. The molecule has 0 amide bonds. The molecule has 2 aromatic rings. The molecule has 4 rings (SSSR count). The van der Waals surface area contributed by atoms with Gasteiger partial charge < -0.3 is 19.8 Å². The van der Waals surface area contributed by atoms with Crippen LogP contribution in [0.25, 0.3) is 5.69 Å². The van der Waals surface area contributed by atoms with Crippen molar-refractivity contribution < 1.29 is 18.3 Å². The monoisotopic (exact) mass is 292 g/mol. The average molecular weight is 292 g/mol. The van der Waals surface area contributed by atoms with Crippen molar-refractivity contribution in [3.05, 3.63) is 41.7 Å². The van der Waals surface area contributed by atoms with Gasteiger partial charge >= 0.3 is 6.29 Å². The van der Waals surface area contributed by atoms with Crippen molar-refractivity contribution in [1.29, 1.82) is 0 Å². The maximum atomic E-state index is 13.1. The molecule has 0 saturated heterocycles. The lowest BCUT2D eigenvalue weighted by molar-refractivity contribution is -0.286. The van der Waals surface area contributed by atoms with Gasteiger partial charge in [-0.1, -0.05) is 0 Å². The average Bonchev–Trinajstić information content (AvgIpc) is 2.97. The molecule has 2 aliphatic rings. The van der Waals surface area contributed by atoms with Gasteiger partial charge in [0.1, 0.15) is 0 Å². The molecule has 21 heavy (non-hydrogen) atoms. The van der Waals surface area contributed by atoms with E-state index in [1.165, 1.54) is 6.07 Å². The summed E-state index contributed by atoms with van der Waals surface area (Å²) < 4.78 is 37.0. The molecule has 1 aliphatic heterocycles. The van der Waals surface area contributed by atoms with Crippen LogP contribution in [0.5, 0.6) is 11.5 Å². The molecule has 0 fully saturated rings. The fraction of sp³-hybridized carbons (Fsp3) is 0.333. The highest BCUT2D eigenvalue weighted by atomic mass is 19.3. The van der Waals surface area contributed by atoms with Gasteiger partial charge in [0.05, 0.1) is 0 Å². The zero-order chi connectivity index (χ0) is 14.6. The van der Waals surface area contributed by atoms with E-state index >= 15 is 0 Å². The van der Waals surface area contributed by atoms with E-state index in [9.17, 15) is 8.78 Å². The van der Waals surface area contributed by atoms with Crippen molar-refractivity contribution in [1.82, 2.24) is 4.57 Å². The van der Waals surface area contributed by atoms with Gasteiger partial charge in [0.25, 0.3) is 0 Å². The number of aromatic nitrogens is 1. The van der Waals surface area contributed by atoms with Gasteiger partial charge in [-0.3, -0.25) is 0 Å². The summed E-state index contributed by atoms with van der Waals surface area (Å²) in [5.41, 5.74) is 9.14. The van der Waals surface area contributed by atoms with E-state index in [1.54, 1.807) is 12.1 Å². The van der Waals surface area contributed by atoms with Crippen molar-refractivity contribution in [2.45, 2.75) is 31.6 Å². The molecule has 4 nitrogen and oxygen atoms in total. The molecule has 1 aromatic carbocycles. The quantitative estimate of drug-likeness (QED) is 0.878. The van der Waals surface area contributed by atoms with Gasteiger partial charge in [0, 0.05) is 29.7 Å². The van der Waals surface area contributed by atoms with Crippen molar-refractivity contribution in [2.75, 3.05) is 0 Å². The lowest BCUT2D eigenvalue weighted by atomic mass is 9.93. The summed E-state index contributed by atoms with van der Waals surface area (Å²) in [6.07, 6.45) is 1.27. The van der Waals surface area contributed by atoms with Gasteiger partial charge in [0.15, 0.2) is 11.5 Å². The van der Waals surface area contributed by atoms with E-state index in [-0.39, 0.29) is 17.5 Å². The zero-order valence-electron chi connectivity index (χ0n) is 11.2. The Labute approximate surface area is 120 Å². The normalized spacial score (nSPS) is 22.1. The maximum absolute atomic E-state index is 13.1. The molecule has 2 N–H and O–H groups in total. The van der Waals surface area contributed by atoms with Crippen molar-refractivity contribution >= 4 is 0 Å². The number of hydrogen-bond acceptors (Lipinski definition) is 3. The number of rotatable bonds is 1.